The lowest BCUT2D eigenvalue weighted by molar-refractivity contribution is -0.0369. The molecule has 0 aliphatic rings. The first-order valence-corrected chi connectivity index (χ1v) is 6.36. The number of thiophene rings is 1. The Morgan fingerprint density at radius 2 is 2.13 bits per heavy atom. The van der Waals surface area contributed by atoms with Crippen LogP contribution in [0.2, 0.25) is 0 Å². The Morgan fingerprint density at radius 1 is 1.40 bits per heavy atom. The van der Waals surface area contributed by atoms with Gasteiger partial charge in [-0.05, 0) is 32.4 Å². The lowest BCUT2D eigenvalue weighted by atomic mass is 10.1. The first-order valence-electron chi connectivity index (χ1n) is 5.55. The zero-order valence-electron chi connectivity index (χ0n) is 9.69. The second kappa shape index (κ2) is 6.26. The summed E-state index contributed by atoms with van der Waals surface area (Å²) in [5, 5.41) is 10.1. The van der Waals surface area contributed by atoms with Gasteiger partial charge in [-0.3, -0.25) is 0 Å². The fourth-order valence-corrected chi connectivity index (χ4v) is 2.54. The van der Waals surface area contributed by atoms with Crippen LogP contribution in [-0.4, -0.2) is 17.8 Å². The minimum Gasteiger partial charge on any atom is -0.385 e. The summed E-state index contributed by atoms with van der Waals surface area (Å²) in [6.45, 7) is 6.79. The first kappa shape index (κ1) is 12.7. The average Bonchev–Trinajstić information content (AvgIpc) is 2.63. The summed E-state index contributed by atoms with van der Waals surface area (Å²) in [5.41, 5.74) is 0. The van der Waals surface area contributed by atoms with Crippen molar-refractivity contribution in [3.05, 3.63) is 21.9 Å². The van der Waals surface area contributed by atoms with E-state index in [1.807, 2.05) is 19.1 Å². The maximum atomic E-state index is 10.1. The van der Waals surface area contributed by atoms with E-state index >= 15 is 0 Å². The van der Waals surface area contributed by atoms with Crippen molar-refractivity contribution in [2.24, 2.45) is 0 Å². The lowest BCUT2D eigenvalue weighted by Gasteiger charge is -2.21. The van der Waals surface area contributed by atoms with E-state index in [1.165, 1.54) is 4.88 Å². The van der Waals surface area contributed by atoms with E-state index in [4.69, 9.17) is 4.74 Å². The van der Waals surface area contributed by atoms with Gasteiger partial charge in [0.05, 0.1) is 6.10 Å². The van der Waals surface area contributed by atoms with Gasteiger partial charge in [0, 0.05) is 16.4 Å². The van der Waals surface area contributed by atoms with Crippen molar-refractivity contribution >= 4 is 11.3 Å². The molecule has 0 spiro atoms. The molecule has 1 aromatic heterocycles. The van der Waals surface area contributed by atoms with Crippen LogP contribution >= 0.6 is 11.3 Å². The Kier molecular flexibility index (Phi) is 5.29. The average molecular weight is 228 g/mol. The third-order valence-electron chi connectivity index (χ3n) is 2.36. The fourth-order valence-electron chi connectivity index (χ4n) is 1.63. The highest BCUT2D eigenvalue weighted by Gasteiger charge is 2.21. The molecule has 0 bridgehead atoms. The molecule has 1 aromatic rings. The maximum absolute atomic E-state index is 10.1. The second-order valence-electron chi connectivity index (χ2n) is 3.68. The molecular formula is C12H20O2S. The number of hydrogen-bond donors (Lipinski definition) is 1. The number of aliphatic hydroxyl groups excluding tert-OH is 1. The van der Waals surface area contributed by atoms with E-state index in [0.29, 0.717) is 6.61 Å². The second-order valence-corrected chi connectivity index (χ2v) is 5.00. The molecule has 0 saturated heterocycles. The Morgan fingerprint density at radius 3 is 2.60 bits per heavy atom. The van der Waals surface area contributed by atoms with Crippen molar-refractivity contribution in [1.29, 1.82) is 0 Å². The molecule has 2 nitrogen and oxygen atoms in total. The Hall–Kier alpha value is -0.380. The van der Waals surface area contributed by atoms with E-state index in [0.717, 1.165) is 17.7 Å². The molecule has 0 aromatic carbocycles. The molecule has 0 aliphatic heterocycles. The minimum atomic E-state index is -0.469. The third kappa shape index (κ3) is 3.59. The number of rotatable bonds is 6. The van der Waals surface area contributed by atoms with Crippen LogP contribution in [0, 0.1) is 6.92 Å². The normalized spacial score (nSPS) is 15.2. The Balaban J connectivity index is 2.66. The highest BCUT2D eigenvalue weighted by molar-refractivity contribution is 7.12. The molecular weight excluding hydrogens is 208 g/mol. The van der Waals surface area contributed by atoms with Gasteiger partial charge in [-0.2, -0.15) is 0 Å². The first-order chi connectivity index (χ1) is 7.19. The third-order valence-corrected chi connectivity index (χ3v) is 3.43. The van der Waals surface area contributed by atoms with Gasteiger partial charge in [-0.25, -0.2) is 0 Å². The van der Waals surface area contributed by atoms with Gasteiger partial charge in [0.15, 0.2) is 0 Å². The summed E-state index contributed by atoms with van der Waals surface area (Å²) < 4.78 is 5.56. The lowest BCUT2D eigenvalue weighted by Crippen LogP contribution is -2.21. The molecule has 1 heterocycles. The molecule has 2 atom stereocenters. The van der Waals surface area contributed by atoms with Crippen molar-refractivity contribution in [2.45, 2.75) is 45.8 Å². The largest absolute Gasteiger partial charge is 0.385 e. The van der Waals surface area contributed by atoms with Crippen LogP contribution in [0.1, 0.15) is 42.5 Å². The van der Waals surface area contributed by atoms with Crippen LogP contribution < -0.4 is 0 Å². The highest BCUT2D eigenvalue weighted by Crippen LogP contribution is 2.28. The van der Waals surface area contributed by atoms with E-state index < -0.39 is 6.10 Å². The molecule has 0 radical (unpaired) electrons. The van der Waals surface area contributed by atoms with E-state index in [1.54, 1.807) is 11.3 Å². The van der Waals surface area contributed by atoms with Crippen LogP contribution in [0.25, 0.3) is 0 Å². The fraction of sp³-hybridized carbons (Fsp3) is 0.667. The van der Waals surface area contributed by atoms with Crippen molar-refractivity contribution in [2.75, 3.05) is 6.61 Å². The van der Waals surface area contributed by atoms with E-state index in [9.17, 15) is 5.11 Å². The minimum absolute atomic E-state index is 0.0574. The smallest absolute Gasteiger partial charge is 0.114 e. The molecule has 86 valence electrons. The summed E-state index contributed by atoms with van der Waals surface area (Å²) >= 11 is 1.65. The number of aliphatic hydroxyl groups is 1. The summed E-state index contributed by atoms with van der Waals surface area (Å²) in [7, 11) is 0. The molecule has 1 rings (SSSR count). The zero-order valence-corrected chi connectivity index (χ0v) is 10.5. The molecule has 15 heavy (non-hydrogen) atoms. The van der Waals surface area contributed by atoms with Crippen LogP contribution in [0.3, 0.4) is 0 Å². The number of aryl methyl sites for hydroxylation is 1. The number of ether oxygens (including phenoxy) is 1. The molecule has 1 N–H and O–H groups in total. The van der Waals surface area contributed by atoms with Crippen LogP contribution in [0.5, 0.6) is 0 Å². The van der Waals surface area contributed by atoms with Crippen molar-refractivity contribution in [1.82, 2.24) is 0 Å². The van der Waals surface area contributed by atoms with E-state index in [-0.39, 0.29) is 6.10 Å². The van der Waals surface area contributed by atoms with Gasteiger partial charge in [0.1, 0.15) is 6.10 Å². The van der Waals surface area contributed by atoms with Gasteiger partial charge in [-0.1, -0.05) is 13.3 Å². The Bertz CT molecular complexity index is 277. The zero-order chi connectivity index (χ0) is 11.3. The number of hydrogen-bond acceptors (Lipinski definition) is 3. The van der Waals surface area contributed by atoms with Gasteiger partial charge in [-0.15, -0.1) is 11.3 Å². The quantitative estimate of drug-likeness (QED) is 0.809. The molecule has 0 aliphatic carbocycles. The van der Waals surface area contributed by atoms with Gasteiger partial charge in [0.2, 0.25) is 0 Å². The van der Waals surface area contributed by atoms with Crippen LogP contribution in [0.4, 0.5) is 0 Å². The van der Waals surface area contributed by atoms with Crippen molar-refractivity contribution < 1.29 is 9.84 Å². The van der Waals surface area contributed by atoms with Crippen molar-refractivity contribution in [3.63, 3.8) is 0 Å². The molecule has 0 saturated carbocycles. The van der Waals surface area contributed by atoms with Gasteiger partial charge >= 0.3 is 0 Å². The molecule has 3 heteroatoms. The molecule has 2 unspecified atom stereocenters. The highest BCUT2D eigenvalue weighted by atomic mass is 32.1. The van der Waals surface area contributed by atoms with Crippen LogP contribution in [-0.2, 0) is 4.74 Å². The topological polar surface area (TPSA) is 29.5 Å². The van der Waals surface area contributed by atoms with Crippen LogP contribution in [0.15, 0.2) is 12.1 Å². The maximum Gasteiger partial charge on any atom is 0.114 e. The van der Waals surface area contributed by atoms with Crippen molar-refractivity contribution in [3.8, 4) is 0 Å². The van der Waals surface area contributed by atoms with Gasteiger partial charge in [0.25, 0.3) is 0 Å². The van der Waals surface area contributed by atoms with E-state index in [2.05, 4.69) is 13.8 Å². The standard InChI is InChI=1S/C12H20O2S/c1-4-6-10(14-5-2)12(13)11-8-7-9(3)15-11/h7-8,10,12-13H,4-6H2,1-3H3. The summed E-state index contributed by atoms with van der Waals surface area (Å²) in [5.74, 6) is 0. The van der Waals surface area contributed by atoms with Gasteiger partial charge < -0.3 is 9.84 Å². The summed E-state index contributed by atoms with van der Waals surface area (Å²) in [6.07, 6.45) is 1.42. The monoisotopic (exact) mass is 228 g/mol. The molecule has 0 amide bonds. The SMILES string of the molecule is CCCC(OCC)C(O)c1ccc(C)s1. The Labute approximate surface area is 95.9 Å². The predicted molar refractivity (Wildman–Crippen MR) is 64.3 cm³/mol. The molecule has 0 fully saturated rings. The summed E-state index contributed by atoms with van der Waals surface area (Å²) in [4.78, 5) is 2.25. The predicted octanol–water partition coefficient (Wildman–Crippen LogP) is 3.30. The summed E-state index contributed by atoms with van der Waals surface area (Å²) in [6, 6.07) is 4.03.